The maximum atomic E-state index is 12.2. The third kappa shape index (κ3) is 4.72. The fourth-order valence-corrected chi connectivity index (χ4v) is 2.75. The van der Waals surface area contributed by atoms with Crippen molar-refractivity contribution in [2.24, 2.45) is 5.73 Å². The average Bonchev–Trinajstić information content (AvgIpc) is 2.49. The first-order chi connectivity index (χ1) is 10.1. The van der Waals surface area contributed by atoms with Crippen molar-refractivity contribution in [3.63, 3.8) is 0 Å². The van der Waals surface area contributed by atoms with Crippen LogP contribution in [0.5, 0.6) is 5.75 Å². The van der Waals surface area contributed by atoms with E-state index < -0.39 is 6.04 Å². The van der Waals surface area contributed by atoms with Crippen LogP contribution in [0.3, 0.4) is 0 Å². The number of carbonyl (C=O) groups is 1. The molecular formula is C16H25N3O2. The Hall–Kier alpha value is -1.59. The quantitative estimate of drug-likeness (QED) is 0.752. The van der Waals surface area contributed by atoms with Gasteiger partial charge in [0.25, 0.3) is 0 Å². The summed E-state index contributed by atoms with van der Waals surface area (Å²) in [5, 5.41) is 12.3. The van der Waals surface area contributed by atoms with Crippen LogP contribution in [-0.2, 0) is 11.2 Å². The number of phenols is 1. The molecule has 21 heavy (non-hydrogen) atoms. The van der Waals surface area contributed by atoms with Gasteiger partial charge in [-0.3, -0.25) is 4.79 Å². The second kappa shape index (κ2) is 7.43. The molecule has 0 bridgehead atoms. The molecular weight excluding hydrogens is 266 g/mol. The number of benzene rings is 1. The molecule has 116 valence electrons. The summed E-state index contributed by atoms with van der Waals surface area (Å²) in [6, 6.07) is 6.47. The Balaban J connectivity index is 1.83. The van der Waals surface area contributed by atoms with Gasteiger partial charge in [0, 0.05) is 12.6 Å². The number of hydrogen-bond donors (Lipinski definition) is 3. The molecule has 0 spiro atoms. The van der Waals surface area contributed by atoms with Gasteiger partial charge in [0.2, 0.25) is 5.91 Å². The number of rotatable bonds is 5. The number of likely N-dealkylation sites (tertiary alicyclic amines) is 1. The van der Waals surface area contributed by atoms with Gasteiger partial charge in [-0.05, 0) is 50.0 Å². The number of nitrogens with two attached hydrogens (primary N) is 1. The molecule has 2 unspecified atom stereocenters. The van der Waals surface area contributed by atoms with Crippen molar-refractivity contribution in [1.82, 2.24) is 10.2 Å². The monoisotopic (exact) mass is 291 g/mol. The van der Waals surface area contributed by atoms with Gasteiger partial charge in [-0.1, -0.05) is 19.1 Å². The van der Waals surface area contributed by atoms with Gasteiger partial charge in [-0.2, -0.15) is 0 Å². The van der Waals surface area contributed by atoms with Crippen LogP contribution in [0.15, 0.2) is 24.3 Å². The molecule has 2 rings (SSSR count). The van der Waals surface area contributed by atoms with Crippen molar-refractivity contribution in [3.8, 4) is 5.75 Å². The van der Waals surface area contributed by atoms with Crippen LogP contribution in [0.1, 0.15) is 25.3 Å². The zero-order valence-corrected chi connectivity index (χ0v) is 12.6. The van der Waals surface area contributed by atoms with Crippen LogP contribution in [0.4, 0.5) is 0 Å². The summed E-state index contributed by atoms with van der Waals surface area (Å²) < 4.78 is 0. The normalized spacial score (nSPS) is 21.0. The fraction of sp³-hybridized carbons (Fsp3) is 0.562. The maximum Gasteiger partial charge on any atom is 0.237 e. The van der Waals surface area contributed by atoms with E-state index in [4.69, 9.17) is 5.73 Å². The number of aromatic hydroxyl groups is 1. The van der Waals surface area contributed by atoms with E-state index in [2.05, 4.69) is 17.1 Å². The van der Waals surface area contributed by atoms with Gasteiger partial charge in [0.15, 0.2) is 0 Å². The highest BCUT2D eigenvalue weighted by atomic mass is 16.3. The summed E-state index contributed by atoms with van der Waals surface area (Å²) in [6.45, 7) is 5.18. The van der Waals surface area contributed by atoms with E-state index in [0.29, 0.717) is 6.42 Å². The Morgan fingerprint density at radius 3 is 2.86 bits per heavy atom. The minimum absolute atomic E-state index is 0.0916. The van der Waals surface area contributed by atoms with Crippen molar-refractivity contribution in [2.75, 3.05) is 19.6 Å². The predicted octanol–water partition coefficient (Wildman–Crippen LogP) is 0.863. The Kier molecular flexibility index (Phi) is 5.59. The van der Waals surface area contributed by atoms with E-state index in [1.807, 2.05) is 0 Å². The van der Waals surface area contributed by atoms with E-state index in [9.17, 15) is 9.90 Å². The predicted molar refractivity (Wildman–Crippen MR) is 83.1 cm³/mol. The average molecular weight is 291 g/mol. The smallest absolute Gasteiger partial charge is 0.237 e. The summed E-state index contributed by atoms with van der Waals surface area (Å²) in [4.78, 5) is 14.5. The number of carbonyl (C=O) groups excluding carboxylic acids is 1. The molecule has 0 radical (unpaired) electrons. The number of phenolic OH excluding ortho intramolecular Hbond substituents is 1. The lowest BCUT2D eigenvalue weighted by molar-refractivity contribution is -0.123. The molecule has 1 saturated heterocycles. The molecule has 5 heteroatoms. The van der Waals surface area contributed by atoms with Crippen LogP contribution in [0, 0.1) is 0 Å². The van der Waals surface area contributed by atoms with Crippen LogP contribution in [-0.4, -0.2) is 47.6 Å². The Morgan fingerprint density at radius 1 is 1.48 bits per heavy atom. The maximum absolute atomic E-state index is 12.2. The number of nitrogens with one attached hydrogen (secondary N) is 1. The Bertz CT molecular complexity index is 461. The number of nitrogens with zero attached hydrogens (tertiary/aromatic N) is 1. The highest BCUT2D eigenvalue weighted by molar-refractivity contribution is 5.82. The van der Waals surface area contributed by atoms with Crippen LogP contribution in [0.25, 0.3) is 0 Å². The third-order valence-corrected chi connectivity index (χ3v) is 4.03. The van der Waals surface area contributed by atoms with Gasteiger partial charge in [0.05, 0.1) is 6.04 Å². The summed E-state index contributed by atoms with van der Waals surface area (Å²) in [6.07, 6.45) is 2.62. The number of piperidine rings is 1. The molecule has 0 aliphatic carbocycles. The third-order valence-electron chi connectivity index (χ3n) is 4.03. The van der Waals surface area contributed by atoms with Gasteiger partial charge in [0.1, 0.15) is 5.75 Å². The second-order valence-corrected chi connectivity index (χ2v) is 5.72. The summed E-state index contributed by atoms with van der Waals surface area (Å²) in [7, 11) is 0. The minimum Gasteiger partial charge on any atom is -0.508 e. The zero-order chi connectivity index (χ0) is 15.2. The van der Waals surface area contributed by atoms with Crippen molar-refractivity contribution < 1.29 is 9.90 Å². The minimum atomic E-state index is -0.549. The zero-order valence-electron chi connectivity index (χ0n) is 12.6. The Labute approximate surface area is 126 Å². The van der Waals surface area contributed by atoms with Crippen LogP contribution < -0.4 is 11.1 Å². The van der Waals surface area contributed by atoms with Gasteiger partial charge in [-0.25, -0.2) is 0 Å². The first kappa shape index (κ1) is 15.8. The van der Waals surface area contributed by atoms with Crippen LogP contribution >= 0.6 is 0 Å². The van der Waals surface area contributed by atoms with Crippen molar-refractivity contribution in [3.05, 3.63) is 29.8 Å². The number of likely N-dealkylation sites (N-methyl/N-ethyl adjacent to an activating group) is 1. The molecule has 1 amide bonds. The fourth-order valence-electron chi connectivity index (χ4n) is 2.75. The van der Waals surface area contributed by atoms with E-state index in [1.54, 1.807) is 24.3 Å². The lowest BCUT2D eigenvalue weighted by Gasteiger charge is -2.32. The molecule has 1 heterocycles. The lowest BCUT2D eigenvalue weighted by atomic mass is 10.0. The lowest BCUT2D eigenvalue weighted by Crippen LogP contribution is -2.52. The Morgan fingerprint density at radius 2 is 2.19 bits per heavy atom. The van der Waals surface area contributed by atoms with E-state index in [0.717, 1.165) is 38.0 Å². The SMILES string of the molecule is CCN1CCCC(NC(=O)C(N)Cc2ccc(O)cc2)C1. The standard InChI is InChI=1S/C16H25N3O2/c1-2-19-9-3-4-13(11-19)18-16(21)15(17)10-12-5-7-14(20)8-6-12/h5-8,13,15,20H,2-4,9-11,17H2,1H3,(H,18,21). The topological polar surface area (TPSA) is 78.6 Å². The molecule has 1 aliphatic heterocycles. The summed E-state index contributed by atoms with van der Waals surface area (Å²) in [5.41, 5.74) is 6.94. The highest BCUT2D eigenvalue weighted by Crippen LogP contribution is 2.12. The van der Waals surface area contributed by atoms with Crippen molar-refractivity contribution in [1.29, 1.82) is 0 Å². The van der Waals surface area contributed by atoms with E-state index in [1.165, 1.54) is 0 Å². The van der Waals surface area contributed by atoms with E-state index >= 15 is 0 Å². The largest absolute Gasteiger partial charge is 0.508 e. The summed E-state index contributed by atoms with van der Waals surface area (Å²) in [5.74, 6) is 0.129. The first-order valence-corrected chi connectivity index (χ1v) is 7.64. The van der Waals surface area contributed by atoms with Gasteiger partial charge in [-0.15, -0.1) is 0 Å². The molecule has 1 aliphatic rings. The number of hydrogen-bond acceptors (Lipinski definition) is 4. The molecule has 1 fully saturated rings. The second-order valence-electron chi connectivity index (χ2n) is 5.72. The van der Waals surface area contributed by atoms with Gasteiger partial charge >= 0.3 is 0 Å². The van der Waals surface area contributed by atoms with Gasteiger partial charge < -0.3 is 21.1 Å². The summed E-state index contributed by atoms with van der Waals surface area (Å²) >= 11 is 0. The molecule has 5 nitrogen and oxygen atoms in total. The van der Waals surface area contributed by atoms with Crippen LogP contribution in [0.2, 0.25) is 0 Å². The first-order valence-electron chi connectivity index (χ1n) is 7.64. The molecule has 0 saturated carbocycles. The molecule has 1 aromatic carbocycles. The number of amides is 1. The van der Waals surface area contributed by atoms with Crippen molar-refractivity contribution in [2.45, 2.75) is 38.3 Å². The molecule has 1 aromatic rings. The molecule has 2 atom stereocenters. The molecule has 4 N–H and O–H groups in total. The van der Waals surface area contributed by atoms with Crippen molar-refractivity contribution >= 4 is 5.91 Å². The molecule has 0 aromatic heterocycles. The van der Waals surface area contributed by atoms with E-state index in [-0.39, 0.29) is 17.7 Å². The highest BCUT2D eigenvalue weighted by Gasteiger charge is 2.22.